The van der Waals surface area contributed by atoms with Gasteiger partial charge in [-0.3, -0.25) is 0 Å². The van der Waals surface area contributed by atoms with Crippen LogP contribution in [0, 0.1) is 5.92 Å². The maximum Gasteiger partial charge on any atom is 0.326 e. The minimum atomic E-state index is -1.01. The quantitative estimate of drug-likeness (QED) is 0.822. The number of benzene rings is 1. The number of rotatable bonds is 6. The number of hydrogen-bond donors (Lipinski definition) is 2. The second-order valence-electron chi connectivity index (χ2n) is 5.42. The lowest BCUT2D eigenvalue weighted by molar-refractivity contribution is -0.139. The number of urea groups is 1. The van der Waals surface area contributed by atoms with Crippen LogP contribution in [0.3, 0.4) is 0 Å². The third-order valence-corrected chi connectivity index (χ3v) is 3.79. The molecule has 0 aliphatic rings. The molecular weight excluding hydrogens is 336 g/mol. The van der Waals surface area contributed by atoms with E-state index in [2.05, 4.69) is 21.2 Å². The number of carbonyl (C=O) groups is 2. The molecule has 2 amide bonds. The molecule has 1 atom stereocenters. The summed E-state index contributed by atoms with van der Waals surface area (Å²) in [5, 5.41) is 11.7. The van der Waals surface area contributed by atoms with Crippen LogP contribution >= 0.6 is 15.9 Å². The van der Waals surface area contributed by atoms with Crippen LogP contribution in [-0.2, 0) is 11.3 Å². The third-order valence-electron chi connectivity index (χ3n) is 3.01. The predicted octanol–water partition coefficient (Wildman–Crippen LogP) is 3.09. The molecule has 1 rings (SSSR count). The molecule has 2 N–H and O–H groups in total. The van der Waals surface area contributed by atoms with Crippen LogP contribution in [0.1, 0.15) is 25.8 Å². The Labute approximate surface area is 133 Å². The zero-order valence-corrected chi connectivity index (χ0v) is 14.1. The Kier molecular flexibility index (Phi) is 6.68. The Bertz CT molecular complexity index is 505. The maximum absolute atomic E-state index is 12.1. The van der Waals surface area contributed by atoms with Crippen molar-refractivity contribution in [3.8, 4) is 0 Å². The summed E-state index contributed by atoms with van der Waals surface area (Å²) in [6.07, 6.45) is 0.407. The predicted molar refractivity (Wildman–Crippen MR) is 85.0 cm³/mol. The van der Waals surface area contributed by atoms with Gasteiger partial charge in [0.15, 0.2) is 0 Å². The highest BCUT2D eigenvalue weighted by atomic mass is 79.9. The first kappa shape index (κ1) is 17.5. The Hall–Kier alpha value is -1.56. The smallest absolute Gasteiger partial charge is 0.326 e. The van der Waals surface area contributed by atoms with Gasteiger partial charge in [0, 0.05) is 18.1 Å². The number of carbonyl (C=O) groups excluding carboxylic acids is 1. The van der Waals surface area contributed by atoms with Gasteiger partial charge in [-0.1, -0.05) is 48.0 Å². The van der Waals surface area contributed by atoms with Crippen molar-refractivity contribution >= 4 is 27.9 Å². The number of nitrogens with zero attached hydrogens (tertiary/aromatic N) is 1. The first-order chi connectivity index (χ1) is 9.81. The fourth-order valence-corrected chi connectivity index (χ4v) is 2.32. The van der Waals surface area contributed by atoms with Crippen LogP contribution in [0.25, 0.3) is 0 Å². The van der Waals surface area contributed by atoms with Crippen molar-refractivity contribution in [3.63, 3.8) is 0 Å². The Morgan fingerprint density at radius 3 is 2.48 bits per heavy atom. The van der Waals surface area contributed by atoms with Gasteiger partial charge >= 0.3 is 12.0 Å². The lowest BCUT2D eigenvalue weighted by Gasteiger charge is -2.22. The van der Waals surface area contributed by atoms with E-state index in [1.54, 1.807) is 7.05 Å². The molecule has 21 heavy (non-hydrogen) atoms. The van der Waals surface area contributed by atoms with E-state index in [0.29, 0.717) is 13.0 Å². The van der Waals surface area contributed by atoms with Gasteiger partial charge in [-0.25, -0.2) is 9.59 Å². The van der Waals surface area contributed by atoms with Crippen LogP contribution in [0.5, 0.6) is 0 Å². The standard InChI is InChI=1S/C15H21BrN2O3/c1-10(2)8-13(14(19)20)17-15(21)18(3)9-11-6-4-5-7-12(11)16/h4-7,10,13H,8-9H2,1-3H3,(H,17,21)(H,19,20)/t13-/m0/s1. The summed E-state index contributed by atoms with van der Waals surface area (Å²) in [4.78, 5) is 24.7. The molecule has 1 aromatic carbocycles. The molecule has 0 fully saturated rings. The Morgan fingerprint density at radius 1 is 1.33 bits per heavy atom. The van der Waals surface area contributed by atoms with Gasteiger partial charge in [0.2, 0.25) is 0 Å². The summed E-state index contributed by atoms with van der Waals surface area (Å²) < 4.78 is 0.918. The number of carboxylic acid groups (broad SMARTS) is 1. The fraction of sp³-hybridized carbons (Fsp3) is 0.467. The summed E-state index contributed by atoms with van der Waals surface area (Å²) in [5.74, 6) is -0.814. The third kappa shape index (κ3) is 5.75. The molecule has 0 saturated heterocycles. The highest BCUT2D eigenvalue weighted by Crippen LogP contribution is 2.17. The molecule has 1 aromatic rings. The fourth-order valence-electron chi connectivity index (χ4n) is 1.91. The van der Waals surface area contributed by atoms with Crippen LogP contribution in [-0.4, -0.2) is 35.1 Å². The molecule has 0 aromatic heterocycles. The molecule has 0 unspecified atom stereocenters. The zero-order chi connectivity index (χ0) is 16.0. The molecular formula is C15H21BrN2O3. The van der Waals surface area contributed by atoms with Gasteiger partial charge in [-0.05, 0) is 24.0 Å². The Balaban J connectivity index is 2.65. The lowest BCUT2D eigenvalue weighted by Crippen LogP contribution is -2.47. The topological polar surface area (TPSA) is 69.6 Å². The van der Waals surface area contributed by atoms with Crippen LogP contribution < -0.4 is 5.32 Å². The average Bonchev–Trinajstić information content (AvgIpc) is 2.39. The highest BCUT2D eigenvalue weighted by molar-refractivity contribution is 9.10. The molecule has 0 spiro atoms. The minimum Gasteiger partial charge on any atom is -0.480 e. The van der Waals surface area contributed by atoms with Gasteiger partial charge < -0.3 is 15.3 Å². The molecule has 0 saturated carbocycles. The van der Waals surface area contributed by atoms with E-state index in [0.717, 1.165) is 10.0 Å². The summed E-state index contributed by atoms with van der Waals surface area (Å²) in [6, 6.07) is 6.36. The summed E-state index contributed by atoms with van der Waals surface area (Å²) in [7, 11) is 1.64. The minimum absolute atomic E-state index is 0.194. The van der Waals surface area contributed by atoms with Crippen LogP contribution in [0.2, 0.25) is 0 Å². The van der Waals surface area contributed by atoms with Crippen molar-refractivity contribution in [3.05, 3.63) is 34.3 Å². The van der Waals surface area contributed by atoms with Crippen molar-refractivity contribution in [1.29, 1.82) is 0 Å². The molecule has 0 bridgehead atoms. The van der Waals surface area contributed by atoms with Crippen molar-refractivity contribution in [2.45, 2.75) is 32.9 Å². The van der Waals surface area contributed by atoms with E-state index in [1.165, 1.54) is 4.90 Å². The molecule has 0 radical (unpaired) electrons. The SMILES string of the molecule is CC(C)C[C@H](NC(=O)N(C)Cc1ccccc1Br)C(=O)O. The van der Waals surface area contributed by atoms with E-state index in [-0.39, 0.29) is 11.9 Å². The number of hydrogen-bond acceptors (Lipinski definition) is 2. The molecule has 0 aliphatic heterocycles. The van der Waals surface area contributed by atoms with Gasteiger partial charge in [0.25, 0.3) is 0 Å². The first-order valence-electron chi connectivity index (χ1n) is 6.79. The maximum atomic E-state index is 12.1. The molecule has 0 aliphatic carbocycles. The molecule has 5 nitrogen and oxygen atoms in total. The Morgan fingerprint density at radius 2 is 1.95 bits per heavy atom. The average molecular weight is 357 g/mol. The first-order valence-corrected chi connectivity index (χ1v) is 7.58. The number of halogens is 1. The van der Waals surface area contributed by atoms with E-state index < -0.39 is 12.0 Å². The molecule has 116 valence electrons. The monoisotopic (exact) mass is 356 g/mol. The molecule has 0 heterocycles. The van der Waals surface area contributed by atoms with Crippen molar-refractivity contribution < 1.29 is 14.7 Å². The number of nitrogens with one attached hydrogen (secondary N) is 1. The number of carboxylic acids is 1. The van der Waals surface area contributed by atoms with Gasteiger partial charge in [0.1, 0.15) is 6.04 Å². The van der Waals surface area contributed by atoms with Crippen molar-refractivity contribution in [1.82, 2.24) is 10.2 Å². The summed E-state index contributed by atoms with van der Waals surface area (Å²) in [6.45, 7) is 4.25. The van der Waals surface area contributed by atoms with E-state index in [4.69, 9.17) is 5.11 Å². The molecule has 6 heteroatoms. The largest absolute Gasteiger partial charge is 0.480 e. The van der Waals surface area contributed by atoms with Gasteiger partial charge in [-0.15, -0.1) is 0 Å². The van der Waals surface area contributed by atoms with Gasteiger partial charge in [-0.2, -0.15) is 0 Å². The van der Waals surface area contributed by atoms with Gasteiger partial charge in [0.05, 0.1) is 0 Å². The zero-order valence-electron chi connectivity index (χ0n) is 12.5. The second kappa shape index (κ2) is 8.02. The second-order valence-corrected chi connectivity index (χ2v) is 6.27. The summed E-state index contributed by atoms with van der Waals surface area (Å²) >= 11 is 3.43. The van der Waals surface area contributed by atoms with Crippen molar-refractivity contribution in [2.24, 2.45) is 5.92 Å². The van der Waals surface area contributed by atoms with Crippen molar-refractivity contribution in [2.75, 3.05) is 7.05 Å². The van der Waals surface area contributed by atoms with E-state index in [9.17, 15) is 9.59 Å². The van der Waals surface area contributed by atoms with Crippen LogP contribution in [0.15, 0.2) is 28.7 Å². The highest BCUT2D eigenvalue weighted by Gasteiger charge is 2.22. The number of amides is 2. The van der Waals surface area contributed by atoms with E-state index >= 15 is 0 Å². The van der Waals surface area contributed by atoms with E-state index in [1.807, 2.05) is 38.1 Å². The number of aliphatic carboxylic acids is 1. The lowest BCUT2D eigenvalue weighted by atomic mass is 10.0. The summed E-state index contributed by atoms with van der Waals surface area (Å²) in [5.41, 5.74) is 0.964. The van der Waals surface area contributed by atoms with Crippen LogP contribution in [0.4, 0.5) is 4.79 Å². The normalized spacial score (nSPS) is 12.0.